The zero-order valence-electron chi connectivity index (χ0n) is 26.1. The number of halogens is 1. The molecule has 0 fully saturated rings. The number of carbonyl (C=O) groups excluding carboxylic acids is 1. The van der Waals surface area contributed by atoms with Gasteiger partial charge in [-0.3, -0.25) is 14.2 Å². The number of rotatable bonds is 9. The van der Waals surface area contributed by atoms with E-state index < -0.39 is 6.04 Å². The van der Waals surface area contributed by atoms with Crippen LogP contribution in [0.4, 0.5) is 0 Å². The molecule has 0 saturated heterocycles. The number of allylic oxidation sites excluding steroid dienone is 1. The summed E-state index contributed by atoms with van der Waals surface area (Å²) in [5, 5.41) is 2.58. The second-order valence-corrected chi connectivity index (χ2v) is 12.4. The SMILES string of the molecule is CCN(CC)C(=O)C1=C(C)N=c2s/c(=C/c3ccc(OCc4ccc(Cl)cc4)cc3)c(=O)n2[C@H]1c1c(OC)ccc2ccccc12. The molecule has 1 atom stereocenters. The minimum absolute atomic E-state index is 0.144. The van der Waals surface area contributed by atoms with Crippen molar-refractivity contribution in [1.82, 2.24) is 9.47 Å². The van der Waals surface area contributed by atoms with Gasteiger partial charge in [0.05, 0.1) is 22.9 Å². The quantitative estimate of drug-likeness (QED) is 0.183. The lowest BCUT2D eigenvalue weighted by molar-refractivity contribution is -0.127. The molecular formula is C37H34ClN3O4S. The Labute approximate surface area is 276 Å². The molecule has 5 aromatic rings. The number of hydrogen-bond donors (Lipinski definition) is 0. The van der Waals surface area contributed by atoms with Gasteiger partial charge in [-0.25, -0.2) is 4.99 Å². The van der Waals surface area contributed by atoms with Crippen LogP contribution in [0.2, 0.25) is 5.02 Å². The molecule has 0 aliphatic carbocycles. The number of benzene rings is 4. The predicted molar refractivity (Wildman–Crippen MR) is 184 cm³/mol. The van der Waals surface area contributed by atoms with Crippen molar-refractivity contribution in [3.63, 3.8) is 0 Å². The highest BCUT2D eigenvalue weighted by molar-refractivity contribution is 7.07. The molecule has 1 aromatic heterocycles. The topological polar surface area (TPSA) is 73.1 Å². The molecular weight excluding hydrogens is 618 g/mol. The minimum atomic E-state index is -0.726. The van der Waals surface area contributed by atoms with Crippen molar-refractivity contribution >= 4 is 45.7 Å². The molecule has 0 bridgehead atoms. The van der Waals surface area contributed by atoms with E-state index in [1.807, 2.05) is 112 Å². The number of methoxy groups -OCH3 is 1. The van der Waals surface area contributed by atoms with Gasteiger partial charge in [0.1, 0.15) is 24.1 Å². The minimum Gasteiger partial charge on any atom is -0.496 e. The number of likely N-dealkylation sites (N-methyl/N-ethyl adjacent to an activating group) is 1. The Morgan fingerprint density at radius 2 is 1.72 bits per heavy atom. The average molecular weight is 652 g/mol. The molecule has 9 heteroatoms. The van der Waals surface area contributed by atoms with Gasteiger partial charge in [0.2, 0.25) is 0 Å². The van der Waals surface area contributed by atoms with Crippen LogP contribution in [0.3, 0.4) is 0 Å². The van der Waals surface area contributed by atoms with Crippen LogP contribution in [-0.2, 0) is 11.4 Å². The lowest BCUT2D eigenvalue weighted by atomic mass is 9.90. The maximum Gasteiger partial charge on any atom is 0.271 e. The Kier molecular flexibility index (Phi) is 9.10. The highest BCUT2D eigenvalue weighted by Crippen LogP contribution is 2.40. The molecule has 1 aliphatic heterocycles. The number of ether oxygens (including phenoxy) is 2. The molecule has 4 aromatic carbocycles. The molecule has 0 N–H and O–H groups in total. The van der Waals surface area contributed by atoms with Gasteiger partial charge in [-0.15, -0.1) is 0 Å². The third-order valence-electron chi connectivity index (χ3n) is 8.22. The van der Waals surface area contributed by atoms with E-state index >= 15 is 0 Å². The van der Waals surface area contributed by atoms with Crippen LogP contribution in [0.1, 0.15) is 43.5 Å². The summed E-state index contributed by atoms with van der Waals surface area (Å²) >= 11 is 7.30. The first-order chi connectivity index (χ1) is 22.3. The van der Waals surface area contributed by atoms with Crippen molar-refractivity contribution in [3.05, 3.63) is 138 Å². The van der Waals surface area contributed by atoms with Gasteiger partial charge in [-0.1, -0.05) is 77.5 Å². The first-order valence-electron chi connectivity index (χ1n) is 15.2. The summed E-state index contributed by atoms with van der Waals surface area (Å²) in [6, 6.07) is 26.3. The van der Waals surface area contributed by atoms with Crippen molar-refractivity contribution in [1.29, 1.82) is 0 Å². The third-order valence-corrected chi connectivity index (χ3v) is 9.46. The number of amides is 1. The maximum absolute atomic E-state index is 14.3. The molecule has 0 spiro atoms. The van der Waals surface area contributed by atoms with E-state index in [2.05, 4.69) is 0 Å². The van der Waals surface area contributed by atoms with Crippen LogP contribution in [0.25, 0.3) is 16.8 Å². The zero-order chi connectivity index (χ0) is 32.4. The van der Waals surface area contributed by atoms with Crippen LogP contribution in [0.5, 0.6) is 11.5 Å². The van der Waals surface area contributed by atoms with E-state index in [9.17, 15) is 9.59 Å². The molecule has 6 rings (SSSR count). The summed E-state index contributed by atoms with van der Waals surface area (Å²) in [7, 11) is 1.61. The second kappa shape index (κ2) is 13.4. The summed E-state index contributed by atoms with van der Waals surface area (Å²) < 4.78 is 14.0. The first-order valence-corrected chi connectivity index (χ1v) is 16.4. The Morgan fingerprint density at radius 3 is 2.41 bits per heavy atom. The fourth-order valence-electron chi connectivity index (χ4n) is 5.84. The number of thiazole rings is 1. The van der Waals surface area contributed by atoms with Crippen molar-refractivity contribution in [3.8, 4) is 11.5 Å². The number of hydrogen-bond acceptors (Lipinski definition) is 6. The highest BCUT2D eigenvalue weighted by Gasteiger charge is 2.36. The number of nitrogens with zero attached hydrogens (tertiary/aromatic N) is 3. The molecule has 0 saturated carbocycles. The molecule has 46 heavy (non-hydrogen) atoms. The summed E-state index contributed by atoms with van der Waals surface area (Å²) in [5.74, 6) is 1.17. The molecule has 234 valence electrons. The normalized spacial score (nSPS) is 14.6. The zero-order valence-corrected chi connectivity index (χ0v) is 27.7. The van der Waals surface area contributed by atoms with Crippen molar-refractivity contribution in [2.24, 2.45) is 4.99 Å². The molecule has 1 aliphatic rings. The Balaban J connectivity index is 1.45. The largest absolute Gasteiger partial charge is 0.496 e. The molecule has 7 nitrogen and oxygen atoms in total. The van der Waals surface area contributed by atoms with E-state index in [1.165, 1.54) is 11.3 Å². The van der Waals surface area contributed by atoms with Crippen LogP contribution >= 0.6 is 22.9 Å². The third kappa shape index (κ3) is 5.98. The number of aromatic nitrogens is 1. The van der Waals surface area contributed by atoms with Gasteiger partial charge in [-0.2, -0.15) is 0 Å². The van der Waals surface area contributed by atoms with Crippen LogP contribution in [-0.4, -0.2) is 35.6 Å². The smallest absolute Gasteiger partial charge is 0.271 e. The van der Waals surface area contributed by atoms with Gasteiger partial charge in [0.25, 0.3) is 11.5 Å². The monoisotopic (exact) mass is 651 g/mol. The van der Waals surface area contributed by atoms with Crippen molar-refractivity contribution in [2.75, 3.05) is 20.2 Å². The number of carbonyl (C=O) groups is 1. The van der Waals surface area contributed by atoms with Gasteiger partial charge < -0.3 is 14.4 Å². The van der Waals surface area contributed by atoms with Gasteiger partial charge in [0.15, 0.2) is 4.80 Å². The van der Waals surface area contributed by atoms with Crippen LogP contribution in [0.15, 0.2) is 106 Å². The van der Waals surface area contributed by atoms with E-state index in [-0.39, 0.29) is 11.5 Å². The lowest BCUT2D eigenvalue weighted by Gasteiger charge is -2.30. The molecule has 0 radical (unpaired) electrons. The van der Waals surface area contributed by atoms with Crippen molar-refractivity contribution < 1.29 is 14.3 Å². The van der Waals surface area contributed by atoms with Gasteiger partial charge in [-0.05, 0) is 79.1 Å². The fraction of sp³-hybridized carbons (Fsp3) is 0.216. The Hall–Kier alpha value is -4.66. The first kappa shape index (κ1) is 31.3. The Bertz CT molecular complexity index is 2130. The van der Waals surface area contributed by atoms with Crippen molar-refractivity contribution in [2.45, 2.75) is 33.4 Å². The van der Waals surface area contributed by atoms with E-state index in [0.717, 1.165) is 27.5 Å². The molecule has 1 amide bonds. The summed E-state index contributed by atoms with van der Waals surface area (Å²) in [5.41, 5.74) is 3.47. The summed E-state index contributed by atoms with van der Waals surface area (Å²) in [6.45, 7) is 7.24. The Morgan fingerprint density at radius 1 is 1.00 bits per heavy atom. The lowest BCUT2D eigenvalue weighted by Crippen LogP contribution is -2.43. The van der Waals surface area contributed by atoms with E-state index in [4.69, 9.17) is 26.1 Å². The standard InChI is InChI=1S/C37H34ClN3O4S/c1-5-40(6-2)36(43)32-23(3)39-37-41(34(32)33-29-10-8-7-9-26(29)15-20-30(33)44-4)35(42)31(46-37)21-24-13-18-28(19-14-24)45-22-25-11-16-27(38)17-12-25/h7-21,34H,5-6,22H2,1-4H3/b31-21+/t34-/m1/s1. The van der Waals surface area contributed by atoms with Crippen LogP contribution in [0, 0.1) is 0 Å². The maximum atomic E-state index is 14.3. The fourth-order valence-corrected chi connectivity index (χ4v) is 7.02. The van der Waals surface area contributed by atoms with Gasteiger partial charge in [0, 0.05) is 23.7 Å². The second-order valence-electron chi connectivity index (χ2n) is 10.9. The molecule has 0 unspecified atom stereocenters. The van der Waals surface area contributed by atoms with E-state index in [1.54, 1.807) is 16.6 Å². The average Bonchev–Trinajstić information content (AvgIpc) is 3.38. The summed E-state index contributed by atoms with van der Waals surface area (Å²) in [6.07, 6.45) is 1.86. The number of fused-ring (bicyclic) bond motifs is 2. The summed E-state index contributed by atoms with van der Waals surface area (Å²) in [4.78, 5) is 35.6. The highest BCUT2D eigenvalue weighted by atomic mass is 35.5. The predicted octanol–water partition coefficient (Wildman–Crippen LogP) is 6.50. The van der Waals surface area contributed by atoms with E-state index in [0.29, 0.717) is 56.8 Å². The van der Waals surface area contributed by atoms with Gasteiger partial charge >= 0.3 is 0 Å². The molecule has 2 heterocycles. The van der Waals surface area contributed by atoms with Crippen LogP contribution < -0.4 is 24.4 Å².